The van der Waals surface area contributed by atoms with Gasteiger partial charge in [-0.05, 0) is 12.8 Å². The number of hydrazine groups is 1. The maximum atomic E-state index is 11.3. The van der Waals surface area contributed by atoms with Crippen molar-refractivity contribution in [1.29, 1.82) is 0 Å². The number of carbonyl (C=O) groups excluding carboxylic acids is 2. The minimum atomic E-state index is -0.150. The van der Waals surface area contributed by atoms with Crippen LogP contribution in [0.2, 0.25) is 0 Å². The third-order valence-corrected chi connectivity index (χ3v) is 2.60. The first-order valence-electron chi connectivity index (χ1n) is 7.63. The second-order valence-corrected chi connectivity index (χ2v) is 4.63. The monoisotopic (exact) mass is 319 g/mol. The van der Waals surface area contributed by atoms with Crippen LogP contribution in [-0.4, -0.2) is 58.6 Å². The highest BCUT2D eigenvalue weighted by atomic mass is 16.5. The molecule has 0 aliphatic heterocycles. The fraction of sp³-hybridized carbons (Fsp3) is 0.857. The van der Waals surface area contributed by atoms with Gasteiger partial charge in [0.1, 0.15) is 13.3 Å². The number of amides is 2. The molecule has 22 heavy (non-hydrogen) atoms. The van der Waals surface area contributed by atoms with Crippen LogP contribution < -0.4 is 16.2 Å². The van der Waals surface area contributed by atoms with Crippen molar-refractivity contribution < 1.29 is 23.8 Å². The molecule has 0 aromatic heterocycles. The maximum Gasteiger partial charge on any atom is 0.245 e. The standard InChI is InChI=1S/C14H29N3O5/c1-3-4-7-15-14(19)11-21-8-5-9-22-12-16-17-13(18)6-10-20-2/h16H,3-12H2,1-2H3,(H,15,19)(H,17,18). The summed E-state index contributed by atoms with van der Waals surface area (Å²) in [5.74, 6) is -0.238. The van der Waals surface area contributed by atoms with Crippen LogP contribution >= 0.6 is 0 Å². The van der Waals surface area contributed by atoms with E-state index in [9.17, 15) is 9.59 Å². The topological polar surface area (TPSA) is 97.9 Å². The molecule has 0 radical (unpaired) electrons. The van der Waals surface area contributed by atoms with Gasteiger partial charge in [-0.1, -0.05) is 13.3 Å². The number of ether oxygens (including phenoxy) is 3. The summed E-state index contributed by atoms with van der Waals surface area (Å²) in [6, 6.07) is 0. The summed E-state index contributed by atoms with van der Waals surface area (Å²) in [6.45, 7) is 4.40. The zero-order valence-electron chi connectivity index (χ0n) is 13.6. The van der Waals surface area contributed by atoms with Crippen molar-refractivity contribution in [2.75, 3.05) is 46.8 Å². The molecule has 0 saturated heterocycles. The number of methoxy groups -OCH3 is 1. The maximum absolute atomic E-state index is 11.3. The summed E-state index contributed by atoms with van der Waals surface area (Å²) in [7, 11) is 1.54. The highest BCUT2D eigenvalue weighted by Crippen LogP contribution is 1.86. The first-order chi connectivity index (χ1) is 10.7. The highest BCUT2D eigenvalue weighted by molar-refractivity contribution is 5.77. The van der Waals surface area contributed by atoms with E-state index in [0.29, 0.717) is 39.2 Å². The Labute approximate surface area is 132 Å². The smallest absolute Gasteiger partial charge is 0.245 e. The van der Waals surface area contributed by atoms with Gasteiger partial charge in [0, 0.05) is 20.3 Å². The predicted octanol–water partition coefficient (Wildman–Crippen LogP) is -0.0592. The zero-order valence-corrected chi connectivity index (χ0v) is 13.6. The van der Waals surface area contributed by atoms with Crippen LogP contribution in [-0.2, 0) is 23.8 Å². The Morgan fingerprint density at radius 1 is 1.00 bits per heavy atom. The van der Waals surface area contributed by atoms with Gasteiger partial charge in [0.25, 0.3) is 0 Å². The first kappa shape index (κ1) is 20.8. The average molecular weight is 319 g/mol. The molecule has 0 aromatic carbocycles. The van der Waals surface area contributed by atoms with E-state index in [4.69, 9.17) is 14.2 Å². The van der Waals surface area contributed by atoms with Crippen LogP contribution in [0, 0.1) is 0 Å². The van der Waals surface area contributed by atoms with E-state index in [2.05, 4.69) is 23.1 Å². The fourth-order valence-corrected chi connectivity index (χ4v) is 1.40. The van der Waals surface area contributed by atoms with Gasteiger partial charge in [-0.25, -0.2) is 5.43 Å². The molecule has 2 amide bonds. The number of unbranched alkanes of at least 4 members (excludes halogenated alkanes) is 1. The van der Waals surface area contributed by atoms with Crippen LogP contribution in [0.25, 0.3) is 0 Å². The van der Waals surface area contributed by atoms with Gasteiger partial charge >= 0.3 is 0 Å². The van der Waals surface area contributed by atoms with Crippen molar-refractivity contribution in [3.63, 3.8) is 0 Å². The van der Waals surface area contributed by atoms with Gasteiger partial charge in [0.2, 0.25) is 11.8 Å². The van der Waals surface area contributed by atoms with Crippen molar-refractivity contribution in [1.82, 2.24) is 16.2 Å². The molecule has 0 aliphatic rings. The number of rotatable bonds is 15. The Morgan fingerprint density at radius 3 is 2.50 bits per heavy atom. The molecule has 0 bridgehead atoms. The fourth-order valence-electron chi connectivity index (χ4n) is 1.40. The van der Waals surface area contributed by atoms with Crippen LogP contribution in [0.3, 0.4) is 0 Å². The Hall–Kier alpha value is -1.22. The summed E-state index contributed by atoms with van der Waals surface area (Å²) >= 11 is 0. The minimum absolute atomic E-state index is 0.0809. The molecule has 0 rings (SSSR count). The van der Waals surface area contributed by atoms with Crippen LogP contribution in [0.15, 0.2) is 0 Å². The molecule has 0 unspecified atom stereocenters. The normalized spacial score (nSPS) is 10.5. The van der Waals surface area contributed by atoms with Gasteiger partial charge in [-0.2, -0.15) is 0 Å². The quantitative estimate of drug-likeness (QED) is 0.222. The van der Waals surface area contributed by atoms with Crippen LogP contribution in [0.4, 0.5) is 0 Å². The SMILES string of the molecule is CCCCNC(=O)COCCCOCNNC(=O)CCOC. The molecule has 0 fully saturated rings. The van der Waals surface area contributed by atoms with Gasteiger partial charge in [-0.3, -0.25) is 15.0 Å². The van der Waals surface area contributed by atoms with E-state index in [-0.39, 0.29) is 25.2 Å². The second kappa shape index (κ2) is 16.2. The lowest BCUT2D eigenvalue weighted by Crippen LogP contribution is -2.39. The molecule has 0 atom stereocenters. The van der Waals surface area contributed by atoms with Crippen LogP contribution in [0.1, 0.15) is 32.6 Å². The van der Waals surface area contributed by atoms with Crippen LogP contribution in [0.5, 0.6) is 0 Å². The molecule has 130 valence electrons. The Morgan fingerprint density at radius 2 is 1.77 bits per heavy atom. The molecule has 0 aliphatic carbocycles. The van der Waals surface area contributed by atoms with Crippen molar-refractivity contribution in [3.05, 3.63) is 0 Å². The Balaban J connectivity index is 3.20. The lowest BCUT2D eigenvalue weighted by atomic mass is 10.3. The molecule has 0 heterocycles. The van der Waals surface area contributed by atoms with E-state index >= 15 is 0 Å². The molecular weight excluding hydrogens is 290 g/mol. The predicted molar refractivity (Wildman–Crippen MR) is 81.9 cm³/mol. The zero-order chi connectivity index (χ0) is 16.5. The van der Waals surface area contributed by atoms with E-state index in [1.54, 1.807) is 7.11 Å². The average Bonchev–Trinajstić information content (AvgIpc) is 2.51. The van der Waals surface area contributed by atoms with E-state index in [1.807, 2.05) is 0 Å². The Bertz CT molecular complexity index is 290. The number of nitrogens with one attached hydrogen (secondary N) is 3. The van der Waals surface area contributed by atoms with Gasteiger partial charge < -0.3 is 19.5 Å². The third kappa shape index (κ3) is 15.2. The molecule has 0 spiro atoms. The molecule has 8 heteroatoms. The van der Waals surface area contributed by atoms with E-state index < -0.39 is 0 Å². The summed E-state index contributed by atoms with van der Waals surface area (Å²) in [5, 5.41) is 2.77. The molecular formula is C14H29N3O5. The summed E-state index contributed by atoms with van der Waals surface area (Å²) in [4.78, 5) is 22.5. The van der Waals surface area contributed by atoms with Crippen molar-refractivity contribution >= 4 is 11.8 Å². The molecule has 8 nitrogen and oxygen atoms in total. The van der Waals surface area contributed by atoms with E-state index in [0.717, 1.165) is 12.8 Å². The van der Waals surface area contributed by atoms with E-state index in [1.165, 1.54) is 0 Å². The molecule has 0 saturated carbocycles. The van der Waals surface area contributed by atoms with Gasteiger partial charge in [0.15, 0.2) is 0 Å². The summed E-state index contributed by atoms with van der Waals surface area (Å²) in [6.07, 6.45) is 3.02. The summed E-state index contributed by atoms with van der Waals surface area (Å²) < 4.78 is 15.2. The van der Waals surface area contributed by atoms with Gasteiger partial charge in [-0.15, -0.1) is 0 Å². The largest absolute Gasteiger partial charge is 0.384 e. The molecule has 3 N–H and O–H groups in total. The summed E-state index contributed by atoms with van der Waals surface area (Å²) in [5.41, 5.74) is 5.13. The van der Waals surface area contributed by atoms with Crippen molar-refractivity contribution in [2.24, 2.45) is 0 Å². The number of hydrogen-bond donors (Lipinski definition) is 3. The second-order valence-electron chi connectivity index (χ2n) is 4.63. The first-order valence-corrected chi connectivity index (χ1v) is 7.63. The third-order valence-electron chi connectivity index (χ3n) is 2.60. The number of hydrogen-bond acceptors (Lipinski definition) is 6. The van der Waals surface area contributed by atoms with Gasteiger partial charge in [0.05, 0.1) is 19.6 Å². The minimum Gasteiger partial charge on any atom is -0.384 e. The highest BCUT2D eigenvalue weighted by Gasteiger charge is 2.00. The molecule has 0 aromatic rings. The number of carbonyl (C=O) groups is 2. The van der Waals surface area contributed by atoms with Crippen molar-refractivity contribution in [3.8, 4) is 0 Å². The Kier molecular flexibility index (Phi) is 15.3. The lowest BCUT2D eigenvalue weighted by Gasteiger charge is -2.08. The lowest BCUT2D eigenvalue weighted by molar-refractivity contribution is -0.125. The van der Waals surface area contributed by atoms with Crippen molar-refractivity contribution in [2.45, 2.75) is 32.6 Å².